The molecule has 1 N–H and O–H groups in total. The maximum atomic E-state index is 12.8. The Morgan fingerprint density at radius 1 is 1.21 bits per heavy atom. The Morgan fingerprint density at radius 3 is 2.71 bits per heavy atom. The molecular weight excluding hydrogens is 386 g/mol. The molecule has 3 rings (SSSR count). The van der Waals surface area contributed by atoms with Crippen molar-refractivity contribution < 1.29 is 23.0 Å². The van der Waals surface area contributed by atoms with E-state index in [0.717, 1.165) is 28.6 Å². The molecule has 146 valence electrons. The molecule has 28 heavy (non-hydrogen) atoms. The molecule has 5 nitrogen and oxygen atoms in total. The summed E-state index contributed by atoms with van der Waals surface area (Å²) in [6.07, 6.45) is 1.48. The molecule has 8 heteroatoms. The summed E-state index contributed by atoms with van der Waals surface area (Å²) in [5.74, 6) is -0.331. The van der Waals surface area contributed by atoms with E-state index in [1.54, 1.807) is 12.1 Å². The van der Waals surface area contributed by atoms with Crippen molar-refractivity contribution in [3.63, 3.8) is 0 Å². The molecule has 0 unspecified atom stereocenters. The first-order valence-corrected chi connectivity index (χ1v) is 9.17. The molecule has 0 saturated carbocycles. The number of aliphatic imine (C=N–C) groups is 1. The van der Waals surface area contributed by atoms with Crippen molar-refractivity contribution in [1.29, 1.82) is 0 Å². The molecule has 1 heterocycles. The van der Waals surface area contributed by atoms with Crippen LogP contribution in [0.15, 0.2) is 46.3 Å². The monoisotopic (exact) mass is 404 g/mol. The van der Waals surface area contributed by atoms with Crippen LogP contribution < -0.4 is 14.8 Å². The van der Waals surface area contributed by atoms with Crippen LogP contribution in [0.2, 0.25) is 0 Å². The normalized spacial score (nSPS) is 16.7. The molecule has 0 atom stereocenters. The summed E-state index contributed by atoms with van der Waals surface area (Å²) in [7, 11) is 1.36. The lowest BCUT2D eigenvalue weighted by atomic mass is 10.1. The third kappa shape index (κ3) is 4.51. The van der Waals surface area contributed by atoms with Crippen molar-refractivity contribution in [3.8, 4) is 11.5 Å². The van der Waals surface area contributed by atoms with Crippen molar-refractivity contribution in [1.82, 2.24) is 5.32 Å². The number of alkyl halides is 2. The minimum absolute atomic E-state index is 0.124. The van der Waals surface area contributed by atoms with E-state index >= 15 is 0 Å². The number of para-hydroxylation sites is 1. The van der Waals surface area contributed by atoms with Gasteiger partial charge in [-0.3, -0.25) is 4.79 Å². The van der Waals surface area contributed by atoms with Crippen LogP contribution in [-0.2, 0) is 4.79 Å². The first kappa shape index (κ1) is 19.9. The summed E-state index contributed by atoms with van der Waals surface area (Å²) in [6.45, 7) is 0.878. The molecular formula is C20H18F2N2O3S. The number of aryl methyl sites for hydroxylation is 2. The summed E-state index contributed by atoms with van der Waals surface area (Å²) >= 11 is 1.13. The van der Waals surface area contributed by atoms with E-state index in [1.807, 2.05) is 32.0 Å². The fourth-order valence-electron chi connectivity index (χ4n) is 2.59. The molecule has 2 aromatic carbocycles. The van der Waals surface area contributed by atoms with Crippen molar-refractivity contribution in [3.05, 3.63) is 58.0 Å². The van der Waals surface area contributed by atoms with Crippen LogP contribution in [0.1, 0.15) is 16.7 Å². The van der Waals surface area contributed by atoms with Crippen LogP contribution >= 0.6 is 11.8 Å². The second kappa shape index (κ2) is 8.43. The summed E-state index contributed by atoms with van der Waals surface area (Å²) in [4.78, 5) is 17.1. The Kier molecular flexibility index (Phi) is 5.99. The number of methoxy groups -OCH3 is 1. The number of hydrogen-bond donors (Lipinski definition) is 1. The number of carbonyl (C=O) groups is 1. The number of thioether (sulfide) groups is 1. The highest BCUT2D eigenvalue weighted by Crippen LogP contribution is 2.36. The number of benzene rings is 2. The van der Waals surface area contributed by atoms with Crippen LogP contribution in [0.25, 0.3) is 6.08 Å². The molecule has 1 aliphatic rings. The van der Waals surface area contributed by atoms with Gasteiger partial charge in [-0.1, -0.05) is 24.3 Å². The van der Waals surface area contributed by atoms with E-state index < -0.39 is 6.61 Å². The molecule has 1 fully saturated rings. The van der Waals surface area contributed by atoms with Crippen LogP contribution in [0.4, 0.5) is 14.5 Å². The molecule has 1 amide bonds. The Hall–Kier alpha value is -2.87. The van der Waals surface area contributed by atoms with Crippen molar-refractivity contribution >= 4 is 34.6 Å². The fraction of sp³-hybridized carbons (Fsp3) is 0.200. The van der Waals surface area contributed by atoms with Gasteiger partial charge in [-0.05, 0) is 54.9 Å². The molecule has 1 saturated heterocycles. The van der Waals surface area contributed by atoms with Crippen molar-refractivity contribution in [2.75, 3.05) is 7.11 Å². The van der Waals surface area contributed by atoms with Crippen LogP contribution in [0.3, 0.4) is 0 Å². The minimum Gasteiger partial charge on any atom is -0.493 e. The highest BCUT2D eigenvalue weighted by atomic mass is 32.2. The van der Waals surface area contributed by atoms with Gasteiger partial charge in [0.2, 0.25) is 0 Å². The first-order chi connectivity index (χ1) is 13.4. The van der Waals surface area contributed by atoms with Gasteiger partial charge in [-0.15, -0.1) is 0 Å². The Bertz CT molecular complexity index is 974. The lowest BCUT2D eigenvalue weighted by Gasteiger charge is -2.12. The molecule has 0 aliphatic carbocycles. The van der Waals surface area contributed by atoms with E-state index in [9.17, 15) is 13.6 Å². The Labute approximate surface area is 165 Å². The van der Waals surface area contributed by atoms with E-state index in [2.05, 4.69) is 15.0 Å². The average molecular weight is 404 g/mol. The lowest BCUT2D eigenvalue weighted by molar-refractivity contribution is -0.115. The quantitative estimate of drug-likeness (QED) is 0.727. The van der Waals surface area contributed by atoms with Gasteiger partial charge in [-0.25, -0.2) is 4.99 Å². The standard InChI is InChI=1S/C20H18F2N2O3S/c1-11-7-8-12(2)14(9-11)23-20-24-18(25)16(28-20)10-13-5-4-6-15(26-3)17(13)27-19(21)22/h4-10,19H,1-3H3,(H,23,24,25)/b16-10-. The summed E-state index contributed by atoms with van der Waals surface area (Å²) in [5, 5.41) is 3.11. The maximum absolute atomic E-state index is 12.8. The highest BCUT2D eigenvalue weighted by molar-refractivity contribution is 8.18. The van der Waals surface area contributed by atoms with E-state index in [4.69, 9.17) is 4.74 Å². The van der Waals surface area contributed by atoms with Gasteiger partial charge >= 0.3 is 6.61 Å². The zero-order valence-electron chi connectivity index (χ0n) is 15.5. The highest BCUT2D eigenvalue weighted by Gasteiger charge is 2.25. The van der Waals surface area contributed by atoms with E-state index in [0.29, 0.717) is 15.6 Å². The number of rotatable bonds is 5. The molecule has 0 aromatic heterocycles. The van der Waals surface area contributed by atoms with Gasteiger partial charge in [0.15, 0.2) is 16.7 Å². The number of nitrogens with zero attached hydrogens (tertiary/aromatic N) is 1. The topological polar surface area (TPSA) is 59.9 Å². The number of hydrogen-bond acceptors (Lipinski definition) is 5. The lowest BCUT2D eigenvalue weighted by Crippen LogP contribution is -2.19. The minimum atomic E-state index is -3.01. The third-order valence-electron chi connectivity index (χ3n) is 3.96. The fourth-order valence-corrected chi connectivity index (χ4v) is 3.42. The second-order valence-electron chi connectivity index (χ2n) is 6.03. The predicted octanol–water partition coefficient (Wildman–Crippen LogP) is 4.81. The molecule has 0 spiro atoms. The smallest absolute Gasteiger partial charge is 0.387 e. The Morgan fingerprint density at radius 2 is 2.00 bits per heavy atom. The van der Waals surface area contributed by atoms with E-state index in [1.165, 1.54) is 19.3 Å². The molecule has 0 bridgehead atoms. The van der Waals surface area contributed by atoms with Gasteiger partial charge in [0.25, 0.3) is 5.91 Å². The molecule has 2 aromatic rings. The predicted molar refractivity (Wildman–Crippen MR) is 106 cm³/mol. The van der Waals surface area contributed by atoms with E-state index in [-0.39, 0.29) is 17.4 Å². The number of amides is 1. The SMILES string of the molecule is COc1cccc(/C=C2\SC(=Nc3cc(C)ccc3C)NC2=O)c1OC(F)F. The van der Waals surface area contributed by atoms with Crippen LogP contribution in [-0.4, -0.2) is 24.8 Å². The summed E-state index contributed by atoms with van der Waals surface area (Å²) in [6, 6.07) is 10.6. The Balaban J connectivity index is 1.93. The van der Waals surface area contributed by atoms with Crippen molar-refractivity contribution in [2.24, 2.45) is 4.99 Å². The van der Waals surface area contributed by atoms with Gasteiger partial charge in [-0.2, -0.15) is 8.78 Å². The van der Waals surface area contributed by atoms with Gasteiger partial charge in [0.05, 0.1) is 17.7 Å². The van der Waals surface area contributed by atoms with Gasteiger partial charge in [0.1, 0.15) is 0 Å². The largest absolute Gasteiger partial charge is 0.493 e. The zero-order valence-corrected chi connectivity index (χ0v) is 16.3. The van der Waals surface area contributed by atoms with Crippen molar-refractivity contribution in [2.45, 2.75) is 20.5 Å². The zero-order chi connectivity index (χ0) is 20.3. The van der Waals surface area contributed by atoms with Crippen LogP contribution in [0.5, 0.6) is 11.5 Å². The maximum Gasteiger partial charge on any atom is 0.387 e. The number of halogens is 2. The van der Waals surface area contributed by atoms with Gasteiger partial charge in [0, 0.05) is 5.56 Å². The average Bonchev–Trinajstić information content (AvgIpc) is 2.98. The molecule has 1 aliphatic heterocycles. The second-order valence-corrected chi connectivity index (χ2v) is 7.06. The third-order valence-corrected chi connectivity index (χ3v) is 4.87. The summed E-state index contributed by atoms with van der Waals surface area (Å²) in [5.41, 5.74) is 3.10. The number of ether oxygens (including phenoxy) is 2. The first-order valence-electron chi connectivity index (χ1n) is 8.36. The summed E-state index contributed by atoms with van der Waals surface area (Å²) < 4.78 is 35.2. The number of nitrogens with one attached hydrogen (secondary N) is 1. The molecule has 0 radical (unpaired) electrons. The van der Waals surface area contributed by atoms with Crippen LogP contribution in [0, 0.1) is 13.8 Å². The number of amidine groups is 1. The van der Waals surface area contributed by atoms with Gasteiger partial charge < -0.3 is 14.8 Å². The number of carbonyl (C=O) groups excluding carboxylic acids is 1.